The van der Waals surface area contributed by atoms with E-state index in [2.05, 4.69) is 22.4 Å². The number of aromatic nitrogens is 1. The predicted molar refractivity (Wildman–Crippen MR) is 106 cm³/mol. The van der Waals surface area contributed by atoms with E-state index >= 15 is 0 Å². The van der Waals surface area contributed by atoms with Crippen molar-refractivity contribution >= 4 is 22.4 Å². The van der Waals surface area contributed by atoms with Crippen molar-refractivity contribution < 1.29 is 9.90 Å². The zero-order valence-corrected chi connectivity index (χ0v) is 16.3. The Labute approximate surface area is 159 Å². The van der Waals surface area contributed by atoms with Gasteiger partial charge in [-0.25, -0.2) is 4.98 Å². The number of likely N-dealkylation sites (tertiary alicyclic amines) is 1. The molecule has 2 N–H and O–H groups in total. The van der Waals surface area contributed by atoms with Crippen molar-refractivity contribution in [1.82, 2.24) is 9.88 Å². The molecule has 0 spiro atoms. The summed E-state index contributed by atoms with van der Waals surface area (Å²) < 4.78 is 0. The second kappa shape index (κ2) is 8.64. The molecule has 1 amide bonds. The number of hydrogen-bond donors (Lipinski definition) is 2. The van der Waals surface area contributed by atoms with Crippen LogP contribution < -0.4 is 5.32 Å². The molecule has 1 aromatic heterocycles. The Kier molecular flexibility index (Phi) is 6.27. The van der Waals surface area contributed by atoms with Gasteiger partial charge in [0.05, 0.1) is 11.8 Å². The minimum Gasteiger partial charge on any atom is -0.392 e. The quantitative estimate of drug-likeness (QED) is 0.815. The lowest BCUT2D eigenvalue weighted by molar-refractivity contribution is 0.0470. The van der Waals surface area contributed by atoms with Crippen molar-refractivity contribution in [3.8, 4) is 0 Å². The Morgan fingerprint density at radius 3 is 2.69 bits per heavy atom. The van der Waals surface area contributed by atoms with Crippen LogP contribution in [0.2, 0.25) is 0 Å². The minimum atomic E-state index is -0.347. The molecule has 0 saturated carbocycles. The van der Waals surface area contributed by atoms with E-state index < -0.39 is 0 Å². The second-order valence-corrected chi connectivity index (χ2v) is 7.85. The highest BCUT2D eigenvalue weighted by atomic mass is 32.1. The summed E-state index contributed by atoms with van der Waals surface area (Å²) >= 11 is 1.43. The van der Waals surface area contributed by atoms with Crippen LogP contribution in [0, 0.1) is 12.8 Å². The van der Waals surface area contributed by atoms with Gasteiger partial charge in [0.15, 0.2) is 5.13 Å². The first-order valence-corrected chi connectivity index (χ1v) is 10.1. The Morgan fingerprint density at radius 1 is 1.35 bits per heavy atom. The summed E-state index contributed by atoms with van der Waals surface area (Å²) in [5.41, 5.74) is 1.96. The first-order chi connectivity index (χ1) is 12.6. The molecule has 2 heterocycles. The normalized spacial score (nSPS) is 16.5. The number of amides is 1. The highest BCUT2D eigenvalue weighted by Crippen LogP contribution is 2.28. The summed E-state index contributed by atoms with van der Waals surface area (Å²) in [6, 6.07) is 10.1. The van der Waals surface area contributed by atoms with Crippen molar-refractivity contribution in [2.75, 3.05) is 25.0 Å². The van der Waals surface area contributed by atoms with Crippen LogP contribution in [-0.2, 0) is 6.42 Å². The van der Waals surface area contributed by atoms with Crippen molar-refractivity contribution in [3.63, 3.8) is 0 Å². The number of rotatable bonds is 6. The van der Waals surface area contributed by atoms with Gasteiger partial charge in [0, 0.05) is 19.6 Å². The molecule has 1 saturated heterocycles. The van der Waals surface area contributed by atoms with Gasteiger partial charge in [0.1, 0.15) is 4.88 Å². The second-order valence-electron chi connectivity index (χ2n) is 6.85. The van der Waals surface area contributed by atoms with Crippen LogP contribution in [-0.4, -0.2) is 46.6 Å². The number of nitrogens with zero attached hydrogens (tertiary/aromatic N) is 2. The molecular formula is C20H27N3O2S. The summed E-state index contributed by atoms with van der Waals surface area (Å²) in [7, 11) is 0. The average Bonchev–Trinajstić information content (AvgIpc) is 3.02. The molecule has 5 nitrogen and oxygen atoms in total. The fraction of sp³-hybridized carbons (Fsp3) is 0.500. The number of aliphatic hydroxyl groups is 1. The molecule has 3 rings (SSSR count). The predicted octanol–water partition coefficient (Wildman–Crippen LogP) is 3.34. The number of hydrogen-bond acceptors (Lipinski definition) is 5. The zero-order chi connectivity index (χ0) is 18.5. The van der Waals surface area contributed by atoms with E-state index in [0.29, 0.717) is 19.5 Å². The number of nitrogens with one attached hydrogen (secondary N) is 1. The lowest BCUT2D eigenvalue weighted by atomic mass is 9.88. The van der Waals surface area contributed by atoms with E-state index in [1.54, 1.807) is 0 Å². The molecule has 26 heavy (non-hydrogen) atoms. The van der Waals surface area contributed by atoms with Gasteiger partial charge in [0.2, 0.25) is 0 Å². The summed E-state index contributed by atoms with van der Waals surface area (Å²) in [6.45, 7) is 6.10. The van der Waals surface area contributed by atoms with Gasteiger partial charge in [-0.05, 0) is 44.6 Å². The lowest BCUT2D eigenvalue weighted by Crippen LogP contribution is -2.41. The van der Waals surface area contributed by atoms with Crippen molar-refractivity contribution in [3.05, 3.63) is 46.5 Å². The standard InChI is InChI=1S/C20H27N3O2S/c1-3-21-20-22-14(2)18(26-20)19(25)23-11-9-16(10-12-23)17(24)13-15-7-5-4-6-8-15/h4-8,16-17,24H,3,9-13H2,1-2H3,(H,21,22). The molecule has 6 heteroatoms. The van der Waals surface area contributed by atoms with E-state index in [4.69, 9.17) is 0 Å². The van der Waals surface area contributed by atoms with E-state index in [1.807, 2.05) is 36.9 Å². The summed E-state index contributed by atoms with van der Waals surface area (Å²) in [5, 5.41) is 14.5. The third kappa shape index (κ3) is 4.43. The van der Waals surface area contributed by atoms with Gasteiger partial charge in [-0.15, -0.1) is 0 Å². The SMILES string of the molecule is CCNc1nc(C)c(C(=O)N2CCC(C(O)Cc3ccccc3)CC2)s1. The van der Waals surface area contributed by atoms with Gasteiger partial charge in [-0.2, -0.15) is 0 Å². The third-order valence-electron chi connectivity index (χ3n) is 4.98. The van der Waals surface area contributed by atoms with Crippen molar-refractivity contribution in [2.24, 2.45) is 5.92 Å². The molecule has 1 fully saturated rings. The van der Waals surface area contributed by atoms with Crippen LogP contribution in [0.1, 0.15) is 40.7 Å². The minimum absolute atomic E-state index is 0.0696. The lowest BCUT2D eigenvalue weighted by Gasteiger charge is -2.34. The van der Waals surface area contributed by atoms with Crippen LogP contribution in [0.3, 0.4) is 0 Å². The number of thiazole rings is 1. The van der Waals surface area contributed by atoms with Gasteiger partial charge in [-0.3, -0.25) is 4.79 Å². The van der Waals surface area contributed by atoms with Gasteiger partial charge >= 0.3 is 0 Å². The molecule has 0 bridgehead atoms. The molecule has 1 atom stereocenters. The van der Waals surface area contributed by atoms with Crippen LogP contribution in [0.25, 0.3) is 0 Å². The highest BCUT2D eigenvalue weighted by molar-refractivity contribution is 7.17. The summed E-state index contributed by atoms with van der Waals surface area (Å²) in [6.07, 6.45) is 2.02. The van der Waals surface area contributed by atoms with Crippen LogP contribution in [0.5, 0.6) is 0 Å². The Morgan fingerprint density at radius 2 is 2.04 bits per heavy atom. The maximum atomic E-state index is 12.8. The van der Waals surface area contributed by atoms with Gasteiger partial charge < -0.3 is 15.3 Å². The molecule has 0 aliphatic carbocycles. The number of piperidine rings is 1. The average molecular weight is 374 g/mol. The molecule has 1 aliphatic heterocycles. The van der Waals surface area contributed by atoms with E-state index in [-0.39, 0.29) is 17.9 Å². The highest BCUT2D eigenvalue weighted by Gasteiger charge is 2.29. The number of carbonyl (C=O) groups excluding carboxylic acids is 1. The Bertz CT molecular complexity index is 724. The van der Waals surface area contributed by atoms with Crippen LogP contribution >= 0.6 is 11.3 Å². The molecule has 0 radical (unpaired) electrons. The molecule has 1 unspecified atom stereocenters. The number of carbonyl (C=O) groups is 1. The molecule has 1 aliphatic rings. The zero-order valence-electron chi connectivity index (χ0n) is 15.4. The molecular weight excluding hydrogens is 346 g/mol. The van der Waals surface area contributed by atoms with E-state index in [9.17, 15) is 9.90 Å². The number of anilines is 1. The number of aliphatic hydroxyl groups excluding tert-OH is 1. The molecule has 2 aromatic rings. The smallest absolute Gasteiger partial charge is 0.265 e. The van der Waals surface area contributed by atoms with E-state index in [0.717, 1.165) is 40.7 Å². The largest absolute Gasteiger partial charge is 0.392 e. The fourth-order valence-corrected chi connectivity index (χ4v) is 4.48. The maximum absolute atomic E-state index is 12.8. The Balaban J connectivity index is 1.55. The first kappa shape index (κ1) is 18.9. The third-order valence-corrected chi connectivity index (χ3v) is 6.08. The monoisotopic (exact) mass is 373 g/mol. The topological polar surface area (TPSA) is 65.5 Å². The summed E-state index contributed by atoms with van der Waals surface area (Å²) in [5.74, 6) is 0.319. The van der Waals surface area contributed by atoms with Crippen molar-refractivity contribution in [2.45, 2.75) is 39.2 Å². The fourth-order valence-electron chi connectivity index (χ4n) is 3.47. The first-order valence-electron chi connectivity index (χ1n) is 9.31. The Hall–Kier alpha value is -1.92. The molecule has 140 valence electrons. The summed E-state index contributed by atoms with van der Waals surface area (Å²) in [4.78, 5) is 19.9. The van der Waals surface area contributed by atoms with E-state index in [1.165, 1.54) is 11.3 Å². The molecule has 1 aromatic carbocycles. The maximum Gasteiger partial charge on any atom is 0.265 e. The van der Waals surface area contributed by atoms with Crippen molar-refractivity contribution in [1.29, 1.82) is 0 Å². The number of aryl methyl sites for hydroxylation is 1. The van der Waals surface area contributed by atoms with Gasteiger partial charge in [0.25, 0.3) is 5.91 Å². The van der Waals surface area contributed by atoms with Crippen LogP contribution in [0.15, 0.2) is 30.3 Å². The van der Waals surface area contributed by atoms with Crippen LogP contribution in [0.4, 0.5) is 5.13 Å². The number of benzene rings is 1. The van der Waals surface area contributed by atoms with Gasteiger partial charge in [-0.1, -0.05) is 41.7 Å².